The monoisotopic (exact) mass is 397 g/mol. The lowest BCUT2D eigenvalue weighted by Gasteiger charge is -2.28. The minimum Gasteiger partial charge on any atom is -0.447 e. The third kappa shape index (κ3) is 4.01. The number of cyclic esters (lactones) is 1. The van der Waals surface area contributed by atoms with Gasteiger partial charge in [0.2, 0.25) is 5.91 Å². The number of rotatable bonds is 5. The van der Waals surface area contributed by atoms with Crippen molar-refractivity contribution in [2.75, 3.05) is 6.61 Å². The summed E-state index contributed by atoms with van der Waals surface area (Å²) in [5.41, 5.74) is 0.818. The van der Waals surface area contributed by atoms with Crippen molar-refractivity contribution in [3.05, 3.63) is 33.8 Å². The highest BCUT2D eigenvalue weighted by atomic mass is 35.5. The summed E-state index contributed by atoms with van der Waals surface area (Å²) in [5.74, 6) is 0.0529. The van der Waals surface area contributed by atoms with Crippen molar-refractivity contribution in [2.24, 2.45) is 11.8 Å². The molecule has 0 spiro atoms. The zero-order valence-electron chi connectivity index (χ0n) is 15.2. The van der Waals surface area contributed by atoms with Gasteiger partial charge in [-0.2, -0.15) is 0 Å². The molecule has 0 radical (unpaired) electrons. The summed E-state index contributed by atoms with van der Waals surface area (Å²) in [6.45, 7) is 4.26. The van der Waals surface area contributed by atoms with Gasteiger partial charge in [-0.25, -0.2) is 9.69 Å². The Hall–Kier alpha value is -1.26. The van der Waals surface area contributed by atoms with Crippen LogP contribution in [-0.4, -0.2) is 29.5 Å². The Morgan fingerprint density at radius 2 is 1.92 bits per heavy atom. The molecule has 1 aliphatic carbocycles. The SMILES string of the molecule is CC(C)C1COC(=O)N1C(=O)C(CC1CCCC1)c1ccc(Cl)c(Cl)c1. The number of benzene rings is 1. The van der Waals surface area contributed by atoms with Crippen LogP contribution in [0.1, 0.15) is 57.4 Å². The Labute approximate surface area is 164 Å². The van der Waals surface area contributed by atoms with Gasteiger partial charge in [0.15, 0.2) is 0 Å². The van der Waals surface area contributed by atoms with E-state index in [-0.39, 0.29) is 24.5 Å². The molecule has 2 atom stereocenters. The predicted octanol–water partition coefficient (Wildman–Crippen LogP) is 5.66. The fraction of sp³-hybridized carbons (Fsp3) is 0.600. The van der Waals surface area contributed by atoms with Crippen molar-refractivity contribution in [3.63, 3.8) is 0 Å². The molecular weight excluding hydrogens is 373 g/mol. The van der Waals surface area contributed by atoms with Crippen LogP contribution in [0.25, 0.3) is 0 Å². The first-order chi connectivity index (χ1) is 12.4. The van der Waals surface area contributed by atoms with E-state index in [0.717, 1.165) is 24.8 Å². The number of hydrogen-bond acceptors (Lipinski definition) is 3. The maximum absolute atomic E-state index is 13.4. The molecule has 2 fully saturated rings. The smallest absolute Gasteiger partial charge is 0.417 e. The van der Waals surface area contributed by atoms with E-state index >= 15 is 0 Å². The molecule has 26 heavy (non-hydrogen) atoms. The fourth-order valence-electron chi connectivity index (χ4n) is 4.04. The van der Waals surface area contributed by atoms with Crippen LogP contribution in [0.3, 0.4) is 0 Å². The van der Waals surface area contributed by atoms with Crippen molar-refractivity contribution in [2.45, 2.75) is 57.9 Å². The summed E-state index contributed by atoms with van der Waals surface area (Å²) in [5, 5.41) is 0.890. The third-order valence-corrected chi connectivity index (χ3v) is 6.34. The Balaban J connectivity index is 1.91. The van der Waals surface area contributed by atoms with Gasteiger partial charge in [0.25, 0.3) is 0 Å². The zero-order valence-corrected chi connectivity index (χ0v) is 16.7. The first kappa shape index (κ1) is 19.5. The first-order valence-electron chi connectivity index (χ1n) is 9.33. The lowest BCUT2D eigenvalue weighted by atomic mass is 9.86. The van der Waals surface area contributed by atoms with Gasteiger partial charge in [0.05, 0.1) is 22.0 Å². The molecule has 1 heterocycles. The molecule has 1 saturated carbocycles. The number of imide groups is 1. The summed E-state index contributed by atoms with van der Waals surface area (Å²) in [6, 6.07) is 5.10. The van der Waals surface area contributed by atoms with Crippen molar-refractivity contribution < 1.29 is 14.3 Å². The van der Waals surface area contributed by atoms with E-state index in [1.807, 2.05) is 19.9 Å². The Morgan fingerprint density at radius 1 is 1.23 bits per heavy atom. The van der Waals surface area contributed by atoms with Crippen LogP contribution in [0, 0.1) is 11.8 Å². The van der Waals surface area contributed by atoms with Gasteiger partial charge >= 0.3 is 6.09 Å². The average Bonchev–Trinajstić information content (AvgIpc) is 3.24. The van der Waals surface area contributed by atoms with Crippen LogP contribution < -0.4 is 0 Å². The predicted molar refractivity (Wildman–Crippen MR) is 103 cm³/mol. The Kier molecular flexibility index (Phi) is 6.13. The van der Waals surface area contributed by atoms with Gasteiger partial charge in [-0.15, -0.1) is 0 Å². The van der Waals surface area contributed by atoms with E-state index in [1.165, 1.54) is 17.7 Å². The maximum atomic E-state index is 13.4. The molecule has 0 N–H and O–H groups in total. The van der Waals surface area contributed by atoms with Crippen molar-refractivity contribution >= 4 is 35.2 Å². The minimum absolute atomic E-state index is 0.145. The molecule has 142 valence electrons. The van der Waals surface area contributed by atoms with E-state index in [0.29, 0.717) is 16.0 Å². The Morgan fingerprint density at radius 3 is 2.54 bits per heavy atom. The average molecular weight is 398 g/mol. The number of carbonyl (C=O) groups is 2. The minimum atomic E-state index is -0.537. The summed E-state index contributed by atoms with van der Waals surface area (Å²) < 4.78 is 5.18. The van der Waals surface area contributed by atoms with Gasteiger partial charge in [-0.3, -0.25) is 4.79 Å². The van der Waals surface area contributed by atoms with Gasteiger partial charge < -0.3 is 4.74 Å². The molecule has 1 aromatic carbocycles. The van der Waals surface area contributed by atoms with Crippen molar-refractivity contribution in [1.82, 2.24) is 4.90 Å². The molecule has 3 rings (SSSR count). The molecular formula is C20H25Cl2NO3. The molecule has 0 aromatic heterocycles. The van der Waals surface area contributed by atoms with E-state index in [2.05, 4.69) is 0 Å². The molecule has 2 amide bonds. The van der Waals surface area contributed by atoms with Crippen molar-refractivity contribution in [1.29, 1.82) is 0 Å². The standard InChI is InChI=1S/C20H25Cl2NO3/c1-12(2)18-11-26-20(25)23(18)19(24)15(9-13-5-3-4-6-13)14-7-8-16(21)17(22)10-14/h7-8,10,12-13,15,18H,3-6,9,11H2,1-2H3. The lowest BCUT2D eigenvalue weighted by Crippen LogP contribution is -2.44. The molecule has 2 aliphatic rings. The van der Waals surface area contributed by atoms with Crippen LogP contribution >= 0.6 is 23.2 Å². The van der Waals surface area contributed by atoms with Crippen LogP contribution in [-0.2, 0) is 9.53 Å². The second-order valence-electron chi connectivity index (χ2n) is 7.71. The molecule has 4 nitrogen and oxygen atoms in total. The second kappa shape index (κ2) is 8.18. The molecule has 1 saturated heterocycles. The molecule has 2 unspecified atom stereocenters. The van der Waals surface area contributed by atoms with Gasteiger partial charge in [-0.1, -0.05) is 68.8 Å². The van der Waals surface area contributed by atoms with Gasteiger partial charge in [0.1, 0.15) is 6.61 Å². The lowest BCUT2D eigenvalue weighted by molar-refractivity contribution is -0.131. The largest absolute Gasteiger partial charge is 0.447 e. The summed E-state index contributed by atoms with van der Waals surface area (Å²) in [4.78, 5) is 27.0. The van der Waals surface area contributed by atoms with Crippen LogP contribution in [0.4, 0.5) is 4.79 Å². The first-order valence-corrected chi connectivity index (χ1v) is 10.1. The van der Waals surface area contributed by atoms with Crippen LogP contribution in [0.15, 0.2) is 18.2 Å². The van der Waals surface area contributed by atoms with E-state index in [1.54, 1.807) is 12.1 Å². The number of nitrogens with zero attached hydrogens (tertiary/aromatic N) is 1. The number of hydrogen-bond donors (Lipinski definition) is 0. The fourth-order valence-corrected chi connectivity index (χ4v) is 4.34. The summed E-state index contributed by atoms with van der Waals surface area (Å²) >= 11 is 12.2. The highest BCUT2D eigenvalue weighted by molar-refractivity contribution is 6.42. The second-order valence-corrected chi connectivity index (χ2v) is 8.52. The number of carbonyl (C=O) groups excluding carboxylic acids is 2. The van der Waals surface area contributed by atoms with E-state index < -0.39 is 12.0 Å². The molecule has 1 aliphatic heterocycles. The van der Waals surface area contributed by atoms with Crippen LogP contribution in [0.5, 0.6) is 0 Å². The molecule has 6 heteroatoms. The maximum Gasteiger partial charge on any atom is 0.417 e. The molecule has 1 aromatic rings. The normalized spacial score (nSPS) is 22.1. The van der Waals surface area contributed by atoms with E-state index in [4.69, 9.17) is 27.9 Å². The quantitative estimate of drug-likeness (QED) is 0.643. The number of halogens is 2. The van der Waals surface area contributed by atoms with Crippen LogP contribution in [0.2, 0.25) is 10.0 Å². The van der Waals surface area contributed by atoms with Gasteiger partial charge in [-0.05, 0) is 36.0 Å². The zero-order chi connectivity index (χ0) is 18.8. The summed E-state index contributed by atoms with van der Waals surface area (Å²) in [6.07, 6.45) is 4.85. The topological polar surface area (TPSA) is 46.6 Å². The highest BCUT2D eigenvalue weighted by Gasteiger charge is 2.43. The van der Waals surface area contributed by atoms with E-state index in [9.17, 15) is 9.59 Å². The highest BCUT2D eigenvalue weighted by Crippen LogP contribution is 2.38. The summed E-state index contributed by atoms with van der Waals surface area (Å²) in [7, 11) is 0. The third-order valence-electron chi connectivity index (χ3n) is 5.60. The number of ether oxygens (including phenoxy) is 1. The van der Waals surface area contributed by atoms with Crippen molar-refractivity contribution in [3.8, 4) is 0 Å². The molecule has 0 bridgehead atoms. The Bertz CT molecular complexity index is 686. The van der Waals surface area contributed by atoms with Gasteiger partial charge in [0, 0.05) is 0 Å². The number of amides is 2.